The van der Waals surface area contributed by atoms with Gasteiger partial charge in [0.2, 0.25) is 5.76 Å². The van der Waals surface area contributed by atoms with Gasteiger partial charge in [-0.3, -0.25) is 0 Å². The average molecular weight is 289 g/mol. The van der Waals surface area contributed by atoms with Crippen LogP contribution in [-0.4, -0.2) is 13.1 Å². The van der Waals surface area contributed by atoms with E-state index in [9.17, 15) is 9.18 Å². The Morgan fingerprint density at radius 2 is 2.14 bits per heavy atom. The van der Waals surface area contributed by atoms with Crippen LogP contribution < -0.4 is 4.74 Å². The van der Waals surface area contributed by atoms with Crippen LogP contribution in [0, 0.1) is 17.1 Å². The van der Waals surface area contributed by atoms with Gasteiger partial charge < -0.3 is 13.9 Å². The third kappa shape index (κ3) is 3.20. The summed E-state index contributed by atoms with van der Waals surface area (Å²) >= 11 is 0. The predicted molar refractivity (Wildman–Crippen MR) is 70.2 cm³/mol. The molecule has 21 heavy (non-hydrogen) atoms. The van der Waals surface area contributed by atoms with Gasteiger partial charge in [-0.15, -0.1) is 0 Å². The summed E-state index contributed by atoms with van der Waals surface area (Å²) in [5.74, 6) is -0.835. The molecule has 0 saturated heterocycles. The molecule has 0 radical (unpaired) electrons. The highest BCUT2D eigenvalue weighted by Crippen LogP contribution is 2.26. The van der Waals surface area contributed by atoms with Crippen molar-refractivity contribution in [2.45, 2.75) is 13.0 Å². The molecule has 0 amide bonds. The first-order valence-electron chi connectivity index (χ1n) is 6.09. The fourth-order valence-corrected chi connectivity index (χ4v) is 1.70. The number of nitrogens with zero attached hydrogens (tertiary/aromatic N) is 1. The molecule has 1 atom stereocenters. The molecule has 1 aromatic carbocycles. The van der Waals surface area contributed by atoms with Gasteiger partial charge in [0.05, 0.1) is 18.7 Å². The molecule has 1 heterocycles. The molecule has 0 aliphatic carbocycles. The van der Waals surface area contributed by atoms with Gasteiger partial charge >= 0.3 is 5.97 Å². The molecular formula is C15H12FNO4. The summed E-state index contributed by atoms with van der Waals surface area (Å²) in [4.78, 5) is 11.3. The van der Waals surface area contributed by atoms with Crippen molar-refractivity contribution in [3.8, 4) is 11.8 Å². The van der Waals surface area contributed by atoms with E-state index in [1.54, 1.807) is 13.0 Å². The van der Waals surface area contributed by atoms with E-state index < -0.39 is 17.9 Å². The number of furan rings is 1. The lowest BCUT2D eigenvalue weighted by Gasteiger charge is -2.13. The molecule has 2 aromatic rings. The zero-order valence-electron chi connectivity index (χ0n) is 11.4. The van der Waals surface area contributed by atoms with Gasteiger partial charge in [0.25, 0.3) is 0 Å². The summed E-state index contributed by atoms with van der Waals surface area (Å²) in [6, 6.07) is 8.75. The molecule has 108 valence electrons. The van der Waals surface area contributed by atoms with Gasteiger partial charge in [0.15, 0.2) is 17.7 Å². The van der Waals surface area contributed by atoms with E-state index in [1.807, 2.05) is 6.07 Å². The topological polar surface area (TPSA) is 72.5 Å². The second-order valence-electron chi connectivity index (χ2n) is 4.21. The second-order valence-corrected chi connectivity index (χ2v) is 4.21. The number of benzene rings is 1. The van der Waals surface area contributed by atoms with E-state index in [2.05, 4.69) is 4.74 Å². The first-order valence-corrected chi connectivity index (χ1v) is 6.09. The Morgan fingerprint density at radius 3 is 2.76 bits per heavy atom. The van der Waals surface area contributed by atoms with Crippen molar-refractivity contribution in [2.75, 3.05) is 7.11 Å². The molecule has 0 spiro atoms. The van der Waals surface area contributed by atoms with Crippen LogP contribution in [0.15, 0.2) is 34.7 Å². The summed E-state index contributed by atoms with van der Waals surface area (Å²) in [6.45, 7) is 1.65. The van der Waals surface area contributed by atoms with Crippen LogP contribution in [0.2, 0.25) is 0 Å². The maximum Gasteiger partial charge on any atom is 0.373 e. The highest BCUT2D eigenvalue weighted by molar-refractivity contribution is 5.86. The van der Waals surface area contributed by atoms with Crippen molar-refractivity contribution in [3.63, 3.8) is 0 Å². The molecule has 0 N–H and O–H groups in total. The normalized spacial score (nSPS) is 11.5. The fraction of sp³-hybridized carbons (Fsp3) is 0.200. The monoisotopic (exact) mass is 289 g/mol. The quantitative estimate of drug-likeness (QED) is 0.808. The molecule has 0 aliphatic rings. The minimum atomic E-state index is -0.638. The van der Waals surface area contributed by atoms with Gasteiger partial charge in [-0.2, -0.15) is 5.26 Å². The van der Waals surface area contributed by atoms with Crippen LogP contribution in [0.3, 0.4) is 0 Å². The van der Waals surface area contributed by atoms with Crippen LogP contribution in [0.5, 0.6) is 5.75 Å². The van der Waals surface area contributed by atoms with Gasteiger partial charge in [-0.1, -0.05) is 0 Å². The van der Waals surface area contributed by atoms with Crippen LogP contribution in [0.1, 0.15) is 34.9 Å². The molecule has 1 aromatic heterocycles. The maximum absolute atomic E-state index is 13.7. The minimum absolute atomic E-state index is 0.00230. The van der Waals surface area contributed by atoms with Crippen LogP contribution in [0.25, 0.3) is 0 Å². The number of hydrogen-bond acceptors (Lipinski definition) is 5. The van der Waals surface area contributed by atoms with Gasteiger partial charge in [0.1, 0.15) is 5.76 Å². The van der Waals surface area contributed by atoms with Gasteiger partial charge in [-0.05, 0) is 37.3 Å². The Balaban J connectivity index is 2.14. The first kappa shape index (κ1) is 14.6. The number of methoxy groups -OCH3 is 1. The highest BCUT2D eigenvalue weighted by Gasteiger charge is 2.17. The van der Waals surface area contributed by atoms with Crippen molar-refractivity contribution >= 4 is 5.97 Å². The lowest BCUT2D eigenvalue weighted by molar-refractivity contribution is 0.0558. The Kier molecular flexibility index (Phi) is 4.24. The van der Waals surface area contributed by atoms with E-state index in [1.165, 1.54) is 25.3 Å². The third-order valence-electron chi connectivity index (χ3n) is 2.78. The van der Waals surface area contributed by atoms with Gasteiger partial charge in [-0.25, -0.2) is 9.18 Å². The molecule has 1 unspecified atom stereocenters. The summed E-state index contributed by atoms with van der Waals surface area (Å²) in [6.07, 6.45) is -0.606. The van der Waals surface area contributed by atoms with Crippen molar-refractivity contribution in [1.29, 1.82) is 5.26 Å². The molecule has 6 heteroatoms. The molecular weight excluding hydrogens is 277 g/mol. The van der Waals surface area contributed by atoms with Crippen molar-refractivity contribution in [2.24, 2.45) is 0 Å². The lowest BCUT2D eigenvalue weighted by atomic mass is 10.2. The first-order chi connectivity index (χ1) is 10.0. The predicted octanol–water partition coefficient (Wildman–Crippen LogP) is 3.22. The minimum Gasteiger partial charge on any atom is -0.480 e. The Morgan fingerprint density at radius 1 is 1.38 bits per heavy atom. The number of hydrogen-bond donors (Lipinski definition) is 0. The number of carbonyl (C=O) groups is 1. The van der Waals surface area contributed by atoms with Crippen molar-refractivity contribution in [1.82, 2.24) is 0 Å². The zero-order valence-corrected chi connectivity index (χ0v) is 11.4. The highest BCUT2D eigenvalue weighted by atomic mass is 19.1. The second kappa shape index (κ2) is 6.09. The SMILES string of the molecule is COC(=O)c1ccc(C(C)Oc2ccc(C#N)cc2F)o1. The van der Waals surface area contributed by atoms with Crippen molar-refractivity contribution in [3.05, 3.63) is 53.2 Å². The number of ether oxygens (including phenoxy) is 2. The summed E-state index contributed by atoms with van der Waals surface area (Å²) in [7, 11) is 1.25. The molecule has 2 rings (SSSR count). The number of carbonyl (C=O) groups excluding carboxylic acids is 1. The average Bonchev–Trinajstić information content (AvgIpc) is 2.98. The smallest absolute Gasteiger partial charge is 0.373 e. The van der Waals surface area contributed by atoms with E-state index in [0.717, 1.165) is 6.07 Å². The molecule has 5 nitrogen and oxygen atoms in total. The summed E-state index contributed by atoms with van der Waals surface area (Å²) < 4.78 is 29.0. The lowest BCUT2D eigenvalue weighted by Crippen LogP contribution is -2.04. The van der Waals surface area contributed by atoms with Crippen LogP contribution in [-0.2, 0) is 4.74 Å². The maximum atomic E-state index is 13.7. The third-order valence-corrected chi connectivity index (χ3v) is 2.78. The van der Waals surface area contributed by atoms with Crippen LogP contribution in [0.4, 0.5) is 4.39 Å². The van der Waals surface area contributed by atoms with Crippen LogP contribution >= 0.6 is 0 Å². The summed E-state index contributed by atoms with van der Waals surface area (Å²) in [5.41, 5.74) is 0.207. The summed E-state index contributed by atoms with van der Waals surface area (Å²) in [5, 5.41) is 8.67. The number of nitriles is 1. The Labute approximate surface area is 120 Å². The largest absolute Gasteiger partial charge is 0.480 e. The fourth-order valence-electron chi connectivity index (χ4n) is 1.70. The Bertz CT molecular complexity index is 702. The van der Waals surface area contributed by atoms with Gasteiger partial charge in [0, 0.05) is 0 Å². The van der Waals surface area contributed by atoms with E-state index in [4.69, 9.17) is 14.4 Å². The van der Waals surface area contributed by atoms with E-state index in [0.29, 0.717) is 5.76 Å². The molecule has 0 bridgehead atoms. The standard InChI is InChI=1S/C15H12FNO4/c1-9(12-5-6-14(21-12)15(18)19-2)20-13-4-3-10(8-17)7-11(13)16/h3-7,9H,1-2H3. The molecule has 0 fully saturated rings. The number of rotatable bonds is 4. The van der Waals surface area contributed by atoms with E-state index in [-0.39, 0.29) is 17.1 Å². The number of halogens is 1. The molecule has 0 saturated carbocycles. The van der Waals surface area contributed by atoms with E-state index >= 15 is 0 Å². The number of esters is 1. The zero-order chi connectivity index (χ0) is 15.4. The Hall–Kier alpha value is -2.81. The molecule has 0 aliphatic heterocycles. The van der Waals surface area contributed by atoms with Crippen molar-refractivity contribution < 1.29 is 23.1 Å².